The Labute approximate surface area is 198 Å². The van der Waals surface area contributed by atoms with Gasteiger partial charge in [0, 0.05) is 18.7 Å². The second-order valence-corrected chi connectivity index (χ2v) is 9.67. The van der Waals surface area contributed by atoms with Crippen LogP contribution >= 0.6 is 12.4 Å². The molecule has 6 nitrogen and oxygen atoms in total. The first-order valence-corrected chi connectivity index (χ1v) is 12.1. The molecule has 2 N–H and O–H groups in total. The van der Waals surface area contributed by atoms with Crippen molar-refractivity contribution in [3.05, 3.63) is 29.3 Å². The first-order chi connectivity index (χ1) is 15.0. The third-order valence-corrected chi connectivity index (χ3v) is 7.28. The lowest BCUT2D eigenvalue weighted by Crippen LogP contribution is -2.54. The van der Waals surface area contributed by atoms with Gasteiger partial charge in [0.25, 0.3) is 0 Å². The van der Waals surface area contributed by atoms with E-state index in [1.54, 1.807) is 0 Å². The summed E-state index contributed by atoms with van der Waals surface area (Å²) in [7, 11) is 0. The number of carbonyl (C=O) groups is 2. The Kier molecular flexibility index (Phi) is 8.45. The van der Waals surface area contributed by atoms with Crippen LogP contribution in [-0.4, -0.2) is 43.3 Å². The van der Waals surface area contributed by atoms with Gasteiger partial charge in [0.15, 0.2) is 0 Å². The minimum Gasteiger partial charge on any atom is -0.463 e. The van der Waals surface area contributed by atoms with E-state index >= 15 is 0 Å². The molecule has 1 aromatic carbocycles. The number of rotatable bonds is 6. The monoisotopic (exact) mass is 463 g/mol. The van der Waals surface area contributed by atoms with Crippen molar-refractivity contribution in [1.29, 1.82) is 0 Å². The van der Waals surface area contributed by atoms with Crippen LogP contribution in [0.1, 0.15) is 69.9 Å². The fourth-order valence-electron chi connectivity index (χ4n) is 5.77. The van der Waals surface area contributed by atoms with Gasteiger partial charge < -0.3 is 15.4 Å². The van der Waals surface area contributed by atoms with Gasteiger partial charge in [-0.1, -0.05) is 25.3 Å². The highest BCUT2D eigenvalue weighted by Crippen LogP contribution is 2.44. The van der Waals surface area contributed by atoms with Crippen molar-refractivity contribution in [3.63, 3.8) is 0 Å². The maximum Gasteiger partial charge on any atom is 0.322 e. The molecular weight excluding hydrogens is 426 g/mol. The van der Waals surface area contributed by atoms with Crippen LogP contribution in [0.15, 0.2) is 18.2 Å². The Balaban J connectivity index is 0.00000289. The zero-order valence-corrected chi connectivity index (χ0v) is 20.3. The van der Waals surface area contributed by atoms with Gasteiger partial charge in [-0.3, -0.25) is 9.69 Å². The molecule has 0 radical (unpaired) electrons. The number of hydrogen-bond acceptors (Lipinski definition) is 4. The summed E-state index contributed by atoms with van der Waals surface area (Å²) in [6.45, 7) is 6.33. The Morgan fingerprint density at radius 2 is 1.88 bits per heavy atom. The van der Waals surface area contributed by atoms with Gasteiger partial charge in [-0.25, -0.2) is 4.79 Å². The van der Waals surface area contributed by atoms with E-state index in [9.17, 15) is 9.59 Å². The average Bonchev–Trinajstić information content (AvgIpc) is 2.93. The van der Waals surface area contributed by atoms with Crippen LogP contribution in [0.5, 0.6) is 0 Å². The smallest absolute Gasteiger partial charge is 0.322 e. The fraction of sp³-hybridized carbons (Fsp3) is 0.680. The van der Waals surface area contributed by atoms with Crippen molar-refractivity contribution < 1.29 is 14.3 Å². The third kappa shape index (κ3) is 5.23. The van der Waals surface area contributed by atoms with Gasteiger partial charge in [-0.15, -0.1) is 12.4 Å². The summed E-state index contributed by atoms with van der Waals surface area (Å²) in [4.78, 5) is 27.6. The molecule has 2 heterocycles. The largest absolute Gasteiger partial charge is 0.463 e. The van der Waals surface area contributed by atoms with Crippen LogP contribution in [0, 0.1) is 5.92 Å². The minimum absolute atomic E-state index is 0. The maximum atomic E-state index is 13.2. The molecule has 2 amide bonds. The van der Waals surface area contributed by atoms with Gasteiger partial charge >= 0.3 is 12.0 Å². The first-order valence-electron chi connectivity index (χ1n) is 12.1. The molecule has 178 valence electrons. The zero-order valence-electron chi connectivity index (χ0n) is 19.5. The van der Waals surface area contributed by atoms with Crippen molar-refractivity contribution in [2.45, 2.75) is 83.3 Å². The van der Waals surface area contributed by atoms with E-state index in [-0.39, 0.29) is 36.1 Å². The number of anilines is 1. The molecule has 7 heteroatoms. The normalized spacial score (nSPS) is 23.8. The topological polar surface area (TPSA) is 70.7 Å². The van der Waals surface area contributed by atoms with Gasteiger partial charge in [0.05, 0.1) is 11.6 Å². The molecule has 1 aliphatic carbocycles. The molecule has 2 fully saturated rings. The lowest BCUT2D eigenvalue weighted by molar-refractivity contribution is -0.147. The number of benzene rings is 1. The number of nitrogens with one attached hydrogen (secondary N) is 2. The lowest BCUT2D eigenvalue weighted by atomic mass is 9.71. The Bertz CT molecular complexity index is 810. The summed E-state index contributed by atoms with van der Waals surface area (Å²) < 4.78 is 5.43. The van der Waals surface area contributed by atoms with Gasteiger partial charge in [0.2, 0.25) is 0 Å². The second-order valence-electron chi connectivity index (χ2n) is 9.67. The molecule has 32 heavy (non-hydrogen) atoms. The molecule has 3 aliphatic rings. The van der Waals surface area contributed by atoms with E-state index in [0.29, 0.717) is 25.3 Å². The Hall–Kier alpha value is -1.79. The number of halogens is 1. The summed E-state index contributed by atoms with van der Waals surface area (Å²) in [6, 6.07) is 6.49. The van der Waals surface area contributed by atoms with Crippen molar-refractivity contribution in [1.82, 2.24) is 10.6 Å². The van der Waals surface area contributed by atoms with E-state index in [2.05, 4.69) is 28.8 Å². The number of esters is 1. The number of urea groups is 1. The van der Waals surface area contributed by atoms with Crippen molar-refractivity contribution in [2.75, 3.05) is 24.5 Å². The van der Waals surface area contributed by atoms with E-state index in [1.807, 2.05) is 18.7 Å². The highest BCUT2D eigenvalue weighted by atomic mass is 35.5. The summed E-state index contributed by atoms with van der Waals surface area (Å²) >= 11 is 0. The summed E-state index contributed by atoms with van der Waals surface area (Å²) in [5.74, 6) is 0.227. The van der Waals surface area contributed by atoms with Crippen molar-refractivity contribution in [3.8, 4) is 0 Å². The summed E-state index contributed by atoms with van der Waals surface area (Å²) in [5.41, 5.74) is 3.31. The van der Waals surface area contributed by atoms with E-state index in [0.717, 1.165) is 44.5 Å². The number of amides is 2. The number of hydrogen-bond donors (Lipinski definition) is 2. The molecule has 0 aromatic heterocycles. The van der Waals surface area contributed by atoms with Crippen LogP contribution in [0.25, 0.3) is 0 Å². The van der Waals surface area contributed by atoms with Gasteiger partial charge in [-0.05, 0) is 88.2 Å². The molecule has 1 saturated heterocycles. The summed E-state index contributed by atoms with van der Waals surface area (Å²) in [6.07, 6.45) is 8.74. The molecule has 4 rings (SSSR count). The van der Waals surface area contributed by atoms with Crippen LogP contribution in [0.3, 0.4) is 0 Å². The minimum atomic E-state index is -0.370. The number of ether oxygens (including phenoxy) is 1. The number of nitrogens with zero attached hydrogens (tertiary/aromatic N) is 1. The second kappa shape index (κ2) is 10.9. The Morgan fingerprint density at radius 3 is 2.59 bits per heavy atom. The van der Waals surface area contributed by atoms with E-state index in [4.69, 9.17) is 4.74 Å². The first kappa shape index (κ1) is 24.8. The SMILES string of the molecule is CC(C)OC(=O)CCC1(C2CCCCC2)CNC(=O)N1c1ccc2c(c1)CCNCC2.Cl. The van der Waals surface area contributed by atoms with Crippen LogP contribution in [0.2, 0.25) is 0 Å². The number of fused-ring (bicyclic) bond motifs is 1. The molecule has 1 aromatic rings. The number of carbonyl (C=O) groups excluding carboxylic acids is 2. The molecule has 0 spiro atoms. The highest BCUT2D eigenvalue weighted by molar-refractivity contribution is 5.96. The fourth-order valence-corrected chi connectivity index (χ4v) is 5.77. The predicted molar refractivity (Wildman–Crippen MR) is 130 cm³/mol. The van der Waals surface area contributed by atoms with Crippen molar-refractivity contribution in [2.24, 2.45) is 5.92 Å². The Morgan fingerprint density at radius 1 is 1.16 bits per heavy atom. The van der Waals surface area contributed by atoms with Crippen LogP contribution < -0.4 is 15.5 Å². The molecule has 1 saturated carbocycles. The maximum absolute atomic E-state index is 13.2. The van der Waals surface area contributed by atoms with Gasteiger partial charge in [-0.2, -0.15) is 0 Å². The van der Waals surface area contributed by atoms with E-state index in [1.165, 1.54) is 30.4 Å². The molecule has 1 atom stereocenters. The van der Waals surface area contributed by atoms with E-state index < -0.39 is 0 Å². The quantitative estimate of drug-likeness (QED) is 0.614. The molecule has 1 unspecified atom stereocenters. The van der Waals surface area contributed by atoms with Gasteiger partial charge in [0.1, 0.15) is 0 Å². The molecule has 0 bridgehead atoms. The third-order valence-electron chi connectivity index (χ3n) is 7.28. The highest BCUT2D eigenvalue weighted by Gasteiger charge is 2.51. The predicted octanol–water partition coefficient (Wildman–Crippen LogP) is 4.38. The zero-order chi connectivity index (χ0) is 21.8. The molecule has 2 aliphatic heterocycles. The lowest BCUT2D eigenvalue weighted by Gasteiger charge is -2.45. The molecular formula is C25H38ClN3O3. The standard InChI is InChI=1S/C25H37N3O3.ClH/c1-18(2)31-23(29)10-13-25(21-6-4-3-5-7-21)17-27-24(30)28(25)22-9-8-19-11-14-26-15-12-20(19)16-22;/h8-9,16,18,21,26H,3-7,10-15,17H2,1-2H3,(H,27,30);1H. The summed E-state index contributed by atoms with van der Waals surface area (Å²) in [5, 5.41) is 6.60. The van der Waals surface area contributed by atoms with Crippen molar-refractivity contribution >= 4 is 30.1 Å². The average molecular weight is 464 g/mol. The van der Waals surface area contributed by atoms with Crippen LogP contribution in [0.4, 0.5) is 10.5 Å². The van der Waals surface area contributed by atoms with Crippen LogP contribution in [-0.2, 0) is 22.4 Å².